The molecule has 3 heteroatoms. The predicted molar refractivity (Wildman–Crippen MR) is 65.0 cm³/mol. The highest BCUT2D eigenvalue weighted by atomic mass is 16.3. The summed E-state index contributed by atoms with van der Waals surface area (Å²) < 4.78 is 0. The van der Waals surface area contributed by atoms with E-state index in [0.717, 1.165) is 5.57 Å². The van der Waals surface area contributed by atoms with Gasteiger partial charge in [-0.2, -0.15) is 0 Å². The fourth-order valence-electron chi connectivity index (χ4n) is 2.27. The third-order valence-electron chi connectivity index (χ3n) is 3.52. The molecule has 0 aromatic rings. The van der Waals surface area contributed by atoms with Gasteiger partial charge < -0.3 is 10.0 Å². The summed E-state index contributed by atoms with van der Waals surface area (Å²) in [5, 5.41) is 10.5. The van der Waals surface area contributed by atoms with Crippen LogP contribution < -0.4 is 0 Å². The fraction of sp³-hybridized carbons (Fsp3) is 0.769. The first-order chi connectivity index (χ1) is 7.27. The van der Waals surface area contributed by atoms with E-state index in [2.05, 4.69) is 0 Å². The Kier molecular flexibility index (Phi) is 3.79. The molecule has 1 amide bonds. The zero-order valence-electron chi connectivity index (χ0n) is 10.9. The molecular formula is C13H23NO2. The molecule has 0 aromatic heterocycles. The number of hydrogen-bond acceptors (Lipinski definition) is 2. The molecule has 1 heterocycles. The molecule has 16 heavy (non-hydrogen) atoms. The molecule has 1 N–H and O–H groups in total. The lowest BCUT2D eigenvalue weighted by molar-refractivity contribution is -0.126. The van der Waals surface area contributed by atoms with Crippen LogP contribution in [0.1, 0.15) is 34.6 Å². The molecule has 1 rings (SSSR count). The van der Waals surface area contributed by atoms with Crippen molar-refractivity contribution in [3.63, 3.8) is 0 Å². The number of β-amino-alcohol motifs (C(OH)–C–C–N with tert-alkyl or cyclic N) is 1. The van der Waals surface area contributed by atoms with Gasteiger partial charge in [-0.25, -0.2) is 0 Å². The van der Waals surface area contributed by atoms with Crippen LogP contribution in [0.25, 0.3) is 0 Å². The Morgan fingerprint density at radius 1 is 1.50 bits per heavy atom. The van der Waals surface area contributed by atoms with E-state index in [0.29, 0.717) is 13.1 Å². The molecule has 92 valence electrons. The van der Waals surface area contributed by atoms with Crippen molar-refractivity contribution >= 4 is 5.91 Å². The van der Waals surface area contributed by atoms with E-state index in [-0.39, 0.29) is 17.7 Å². The van der Waals surface area contributed by atoms with Gasteiger partial charge >= 0.3 is 0 Å². The molecule has 0 aliphatic carbocycles. The number of likely N-dealkylation sites (tertiary alicyclic amines) is 1. The highest BCUT2D eigenvalue weighted by Gasteiger charge is 2.45. The Bertz CT molecular complexity index is 305. The third-order valence-corrected chi connectivity index (χ3v) is 3.52. The molecule has 2 atom stereocenters. The van der Waals surface area contributed by atoms with Crippen LogP contribution >= 0.6 is 0 Å². The molecule has 1 fully saturated rings. The summed E-state index contributed by atoms with van der Waals surface area (Å²) in [5.74, 6) is 0.331. The van der Waals surface area contributed by atoms with Crippen molar-refractivity contribution in [2.45, 2.75) is 40.2 Å². The second-order valence-corrected chi connectivity index (χ2v) is 5.49. The highest BCUT2D eigenvalue weighted by Crippen LogP contribution is 2.33. The minimum absolute atomic E-state index is 0.0171. The van der Waals surface area contributed by atoms with E-state index >= 15 is 0 Å². The maximum absolute atomic E-state index is 11.9. The average Bonchev–Trinajstić information content (AvgIpc) is 2.43. The van der Waals surface area contributed by atoms with Crippen molar-refractivity contribution in [3.05, 3.63) is 11.6 Å². The van der Waals surface area contributed by atoms with Gasteiger partial charge in [0, 0.05) is 18.5 Å². The van der Waals surface area contributed by atoms with Gasteiger partial charge in [-0.1, -0.05) is 26.3 Å². The molecule has 0 spiro atoms. The summed E-state index contributed by atoms with van der Waals surface area (Å²) in [5.41, 5.74) is 0.267. The lowest BCUT2D eigenvalue weighted by Gasteiger charge is -2.30. The molecule has 1 aliphatic heterocycles. The minimum atomic E-state index is -0.731. The van der Waals surface area contributed by atoms with Crippen LogP contribution in [0.15, 0.2) is 11.6 Å². The van der Waals surface area contributed by atoms with Crippen molar-refractivity contribution < 1.29 is 9.90 Å². The predicted octanol–water partition coefficient (Wildman–Crippen LogP) is 1.82. The number of hydrogen-bond donors (Lipinski definition) is 1. The molecule has 1 aliphatic rings. The van der Waals surface area contributed by atoms with E-state index in [9.17, 15) is 9.90 Å². The second-order valence-electron chi connectivity index (χ2n) is 5.49. The maximum Gasteiger partial charge on any atom is 0.246 e. The van der Waals surface area contributed by atoms with Crippen LogP contribution in [-0.4, -0.2) is 34.6 Å². The third kappa shape index (κ3) is 2.46. The average molecular weight is 225 g/mol. The number of aliphatic hydroxyl groups is 1. The van der Waals surface area contributed by atoms with Gasteiger partial charge in [0.15, 0.2) is 0 Å². The Labute approximate surface area is 98.1 Å². The van der Waals surface area contributed by atoms with Gasteiger partial charge in [0.2, 0.25) is 5.91 Å². The van der Waals surface area contributed by atoms with E-state index < -0.39 is 5.60 Å². The van der Waals surface area contributed by atoms with Crippen LogP contribution in [0.3, 0.4) is 0 Å². The standard InChI is InChI=1S/C13H23NO2/c1-9(2)6-12(15)14-7-11(5)13(16,8-14)10(3)4/h6,10-11,16H,7-8H2,1-5H3/t11-,13-/m1/s1. The van der Waals surface area contributed by atoms with Gasteiger partial charge in [0.1, 0.15) is 0 Å². The van der Waals surface area contributed by atoms with E-state index in [1.165, 1.54) is 0 Å². The van der Waals surface area contributed by atoms with E-state index in [4.69, 9.17) is 0 Å². The number of allylic oxidation sites excluding steroid dienone is 1. The first-order valence-corrected chi connectivity index (χ1v) is 5.93. The van der Waals surface area contributed by atoms with E-state index in [1.807, 2.05) is 34.6 Å². The summed E-state index contributed by atoms with van der Waals surface area (Å²) in [6, 6.07) is 0. The van der Waals surface area contributed by atoms with Gasteiger partial charge in [-0.05, 0) is 19.8 Å². The molecule has 0 unspecified atom stereocenters. The molecule has 0 bridgehead atoms. The van der Waals surface area contributed by atoms with Gasteiger partial charge in [-0.3, -0.25) is 4.79 Å². The van der Waals surface area contributed by atoms with Crippen molar-refractivity contribution in [1.29, 1.82) is 0 Å². The minimum Gasteiger partial charge on any atom is -0.387 e. The largest absolute Gasteiger partial charge is 0.387 e. The summed E-state index contributed by atoms with van der Waals surface area (Å²) in [6.45, 7) is 10.9. The zero-order chi connectivity index (χ0) is 12.5. The topological polar surface area (TPSA) is 40.5 Å². The number of nitrogens with zero attached hydrogens (tertiary/aromatic N) is 1. The van der Waals surface area contributed by atoms with Crippen molar-refractivity contribution in [1.82, 2.24) is 4.90 Å². The van der Waals surface area contributed by atoms with Crippen molar-refractivity contribution in [2.24, 2.45) is 11.8 Å². The van der Waals surface area contributed by atoms with Crippen molar-refractivity contribution in [3.8, 4) is 0 Å². The summed E-state index contributed by atoms with van der Waals surface area (Å²) >= 11 is 0. The highest BCUT2D eigenvalue weighted by molar-refractivity contribution is 5.88. The Balaban J connectivity index is 2.78. The fourth-order valence-corrected chi connectivity index (χ4v) is 2.27. The van der Waals surface area contributed by atoms with Crippen LogP contribution in [0.4, 0.5) is 0 Å². The molecule has 1 saturated heterocycles. The lowest BCUT2D eigenvalue weighted by atomic mass is 9.82. The van der Waals surface area contributed by atoms with Crippen molar-refractivity contribution in [2.75, 3.05) is 13.1 Å². The Hall–Kier alpha value is -0.830. The van der Waals surface area contributed by atoms with Crippen LogP contribution in [0, 0.1) is 11.8 Å². The monoisotopic (exact) mass is 225 g/mol. The Morgan fingerprint density at radius 2 is 2.06 bits per heavy atom. The number of rotatable bonds is 2. The first-order valence-electron chi connectivity index (χ1n) is 5.93. The lowest BCUT2D eigenvalue weighted by Crippen LogP contribution is -2.43. The van der Waals surface area contributed by atoms with Gasteiger partial charge in [0.25, 0.3) is 0 Å². The number of carbonyl (C=O) groups excluding carboxylic acids is 1. The SMILES string of the molecule is CC(C)=CC(=O)N1C[C@@H](C)[C@](O)(C(C)C)C1. The molecular weight excluding hydrogens is 202 g/mol. The normalized spacial score (nSPS) is 29.7. The summed E-state index contributed by atoms with van der Waals surface area (Å²) in [6.07, 6.45) is 1.64. The zero-order valence-corrected chi connectivity index (χ0v) is 10.9. The van der Waals surface area contributed by atoms with Crippen LogP contribution in [0.2, 0.25) is 0 Å². The second kappa shape index (κ2) is 4.58. The van der Waals surface area contributed by atoms with Crippen LogP contribution in [0.5, 0.6) is 0 Å². The first kappa shape index (κ1) is 13.2. The summed E-state index contributed by atoms with van der Waals surface area (Å²) in [7, 11) is 0. The van der Waals surface area contributed by atoms with Crippen LogP contribution in [-0.2, 0) is 4.79 Å². The van der Waals surface area contributed by atoms with E-state index in [1.54, 1.807) is 11.0 Å². The maximum atomic E-state index is 11.9. The Morgan fingerprint density at radius 3 is 2.44 bits per heavy atom. The van der Waals surface area contributed by atoms with Gasteiger partial charge in [0.05, 0.1) is 12.1 Å². The molecule has 0 aromatic carbocycles. The number of amides is 1. The molecule has 0 saturated carbocycles. The van der Waals surface area contributed by atoms with Gasteiger partial charge in [-0.15, -0.1) is 0 Å². The quantitative estimate of drug-likeness (QED) is 0.728. The molecule has 3 nitrogen and oxygen atoms in total. The smallest absolute Gasteiger partial charge is 0.246 e. The molecule has 0 radical (unpaired) electrons. The number of carbonyl (C=O) groups is 1. The summed E-state index contributed by atoms with van der Waals surface area (Å²) in [4.78, 5) is 13.6.